The van der Waals surface area contributed by atoms with Gasteiger partial charge >= 0.3 is 0 Å². The molecule has 278 valence electrons. The van der Waals surface area contributed by atoms with Crippen LogP contribution < -0.4 is 0 Å². The molecule has 0 aliphatic heterocycles. The van der Waals surface area contributed by atoms with Crippen LogP contribution >= 0.6 is 0 Å². The van der Waals surface area contributed by atoms with E-state index in [4.69, 9.17) is 0 Å². The number of hydrogen-bond acceptors (Lipinski definition) is 0. The summed E-state index contributed by atoms with van der Waals surface area (Å²) in [6, 6.07) is 60.1. The molecule has 0 heteroatoms. The van der Waals surface area contributed by atoms with Crippen molar-refractivity contribution in [2.24, 2.45) is 0 Å². The second kappa shape index (κ2) is 18.2. The van der Waals surface area contributed by atoms with E-state index >= 15 is 0 Å². The van der Waals surface area contributed by atoms with Gasteiger partial charge in [-0.25, -0.2) is 0 Å². The molecule has 0 saturated heterocycles. The maximum absolute atomic E-state index is 3.89. The van der Waals surface area contributed by atoms with E-state index in [9.17, 15) is 0 Å². The van der Waals surface area contributed by atoms with Crippen LogP contribution in [0.3, 0.4) is 0 Å². The Kier molecular flexibility index (Phi) is 12.3. The van der Waals surface area contributed by atoms with E-state index in [2.05, 4.69) is 228 Å². The molecular formula is C57H50. The summed E-state index contributed by atoms with van der Waals surface area (Å²) in [5, 5.41) is 0. The minimum atomic E-state index is 0.948. The fraction of sp³-hybridized carbons (Fsp3) is 0.0877. The van der Waals surface area contributed by atoms with Crippen molar-refractivity contribution in [3.8, 4) is 66.8 Å². The van der Waals surface area contributed by atoms with Gasteiger partial charge < -0.3 is 0 Å². The summed E-state index contributed by atoms with van der Waals surface area (Å²) in [5.41, 5.74) is 20.8. The molecule has 0 heterocycles. The second-order valence-corrected chi connectivity index (χ2v) is 14.4. The van der Waals surface area contributed by atoms with Crippen molar-refractivity contribution in [3.63, 3.8) is 0 Å². The Morgan fingerprint density at radius 2 is 0.982 bits per heavy atom. The highest BCUT2D eigenvalue weighted by atomic mass is 14.2. The van der Waals surface area contributed by atoms with E-state index in [1.165, 1.54) is 94.6 Å². The number of benzene rings is 7. The maximum atomic E-state index is 3.89. The second-order valence-electron chi connectivity index (χ2n) is 14.4. The Hall–Kier alpha value is -6.76. The summed E-state index contributed by atoms with van der Waals surface area (Å²) in [5.74, 6) is 0. The minimum absolute atomic E-state index is 0.948. The predicted molar refractivity (Wildman–Crippen MR) is 250 cm³/mol. The van der Waals surface area contributed by atoms with Crippen LogP contribution in [0.2, 0.25) is 0 Å². The van der Waals surface area contributed by atoms with Gasteiger partial charge in [-0.1, -0.05) is 183 Å². The first-order valence-electron chi connectivity index (χ1n) is 20.0. The molecule has 0 spiro atoms. The van der Waals surface area contributed by atoms with E-state index in [0.29, 0.717) is 0 Å². The molecule has 57 heavy (non-hydrogen) atoms. The molecule has 0 fully saturated rings. The Balaban J connectivity index is 1.19. The van der Waals surface area contributed by atoms with E-state index in [1.54, 1.807) is 0 Å². The van der Waals surface area contributed by atoms with Crippen LogP contribution in [0.15, 0.2) is 213 Å². The van der Waals surface area contributed by atoms with Gasteiger partial charge in [0.15, 0.2) is 0 Å². The van der Waals surface area contributed by atoms with Gasteiger partial charge in [-0.3, -0.25) is 0 Å². The summed E-state index contributed by atoms with van der Waals surface area (Å²) in [4.78, 5) is 0. The molecule has 7 aromatic carbocycles. The zero-order valence-corrected chi connectivity index (χ0v) is 33.5. The summed E-state index contributed by atoms with van der Waals surface area (Å²) < 4.78 is 0. The topological polar surface area (TPSA) is 0 Å². The first-order valence-corrected chi connectivity index (χ1v) is 20.0. The Morgan fingerprint density at radius 3 is 1.53 bits per heavy atom. The van der Waals surface area contributed by atoms with Crippen molar-refractivity contribution in [2.75, 3.05) is 0 Å². The molecule has 0 aliphatic rings. The first kappa shape index (κ1) is 38.5. The highest BCUT2D eigenvalue weighted by Gasteiger charge is 2.12. The summed E-state index contributed by atoms with van der Waals surface area (Å²) in [7, 11) is 0. The third kappa shape index (κ3) is 8.88. The van der Waals surface area contributed by atoms with Gasteiger partial charge in [0.2, 0.25) is 0 Å². The molecule has 0 unspecified atom stereocenters. The van der Waals surface area contributed by atoms with Gasteiger partial charge in [0.25, 0.3) is 0 Å². The van der Waals surface area contributed by atoms with E-state index in [1.807, 2.05) is 12.2 Å². The lowest BCUT2D eigenvalue weighted by Gasteiger charge is -2.14. The fourth-order valence-corrected chi connectivity index (χ4v) is 7.63. The quantitative estimate of drug-likeness (QED) is 0.110. The predicted octanol–water partition coefficient (Wildman–Crippen LogP) is 16.5. The zero-order chi connectivity index (χ0) is 39.6. The van der Waals surface area contributed by atoms with Crippen LogP contribution in [0.1, 0.15) is 43.9 Å². The van der Waals surface area contributed by atoms with Gasteiger partial charge in [-0.15, -0.1) is 0 Å². The highest BCUT2D eigenvalue weighted by Crippen LogP contribution is 2.37. The van der Waals surface area contributed by atoms with Crippen LogP contribution in [0, 0.1) is 6.92 Å². The number of aryl methyl sites for hydroxylation is 1. The average molecular weight is 735 g/mol. The van der Waals surface area contributed by atoms with Crippen LogP contribution in [-0.2, 0) is 0 Å². The highest BCUT2D eigenvalue weighted by molar-refractivity contribution is 5.87. The molecule has 0 saturated carbocycles. The van der Waals surface area contributed by atoms with Crippen molar-refractivity contribution < 1.29 is 0 Å². The van der Waals surface area contributed by atoms with Crippen molar-refractivity contribution in [1.29, 1.82) is 0 Å². The Labute approximate surface area is 340 Å². The lowest BCUT2D eigenvalue weighted by molar-refractivity contribution is 1.24. The third-order valence-electron chi connectivity index (χ3n) is 10.7. The Morgan fingerprint density at radius 1 is 0.474 bits per heavy atom. The maximum Gasteiger partial charge on any atom is -0.0103 e. The van der Waals surface area contributed by atoms with E-state index < -0.39 is 0 Å². The largest absolute Gasteiger partial charge is 0.0991 e. The fourth-order valence-electron chi connectivity index (χ4n) is 7.63. The van der Waals surface area contributed by atoms with Crippen molar-refractivity contribution in [2.45, 2.75) is 34.1 Å². The molecule has 0 bridgehead atoms. The first-order chi connectivity index (χ1) is 28.0. The van der Waals surface area contributed by atoms with Crippen LogP contribution in [0.4, 0.5) is 0 Å². The van der Waals surface area contributed by atoms with Gasteiger partial charge in [0.05, 0.1) is 0 Å². The van der Waals surface area contributed by atoms with Crippen molar-refractivity contribution >= 4 is 11.1 Å². The molecule has 0 N–H and O–H groups in total. The molecule has 7 aromatic rings. The molecule has 0 radical (unpaired) electrons. The van der Waals surface area contributed by atoms with Gasteiger partial charge in [0, 0.05) is 0 Å². The summed E-state index contributed by atoms with van der Waals surface area (Å²) >= 11 is 0. The van der Waals surface area contributed by atoms with Crippen molar-refractivity contribution in [1.82, 2.24) is 0 Å². The smallest absolute Gasteiger partial charge is 0.0103 e. The number of allylic oxidation sites excluding steroid dienone is 9. The third-order valence-corrected chi connectivity index (χ3v) is 10.7. The average Bonchev–Trinajstić information content (AvgIpc) is 3.27. The van der Waals surface area contributed by atoms with E-state index in [0.717, 1.165) is 6.42 Å². The lowest BCUT2D eigenvalue weighted by Crippen LogP contribution is -1.91. The van der Waals surface area contributed by atoms with Crippen LogP contribution in [0.25, 0.3) is 77.9 Å². The molecule has 0 amide bonds. The number of rotatable bonds is 12. The number of hydrogen-bond donors (Lipinski definition) is 0. The SMILES string of the molecule is C=C/C=C\C(=C/C)c1cc(/C(=C/C=C\C)CC)cc(-c2cccc(-c3cccc(-c4cccc(-c5ccc(-c6ccccc6-c6ccccc6C)cc5)c4)c3)c2)c1. The molecule has 0 atom stereocenters. The monoisotopic (exact) mass is 734 g/mol. The van der Waals surface area contributed by atoms with Crippen LogP contribution in [0.5, 0.6) is 0 Å². The molecule has 7 rings (SSSR count). The molecule has 0 aliphatic carbocycles. The summed E-state index contributed by atoms with van der Waals surface area (Å²) in [6.45, 7) is 12.5. The van der Waals surface area contributed by atoms with Gasteiger partial charge in [-0.2, -0.15) is 0 Å². The van der Waals surface area contributed by atoms with E-state index in [-0.39, 0.29) is 0 Å². The lowest BCUT2D eigenvalue weighted by atomic mass is 9.90. The zero-order valence-electron chi connectivity index (χ0n) is 33.5. The van der Waals surface area contributed by atoms with Gasteiger partial charge in [0.1, 0.15) is 0 Å². The standard InChI is InChI=1S/C57H50/c1-6-10-20-42(8-3)52-38-53(43(9-4)21-11-7-2)40-54(39-52)51-27-18-26-50(37-51)49-25-17-24-48(36-49)47-23-16-22-46(35-47)44-31-33-45(34-32-44)56-29-14-15-30-57(56)55-28-13-12-19-41(55)5/h6-8,10-40H,1,9H2,2-5H3/b11-7-,20-10-,42-8+,43-21+. The molecular weight excluding hydrogens is 685 g/mol. The van der Waals surface area contributed by atoms with Crippen molar-refractivity contribution in [3.05, 3.63) is 230 Å². The van der Waals surface area contributed by atoms with Gasteiger partial charge in [-0.05, 0) is 158 Å². The molecule has 0 aromatic heterocycles. The normalized spacial score (nSPS) is 12.1. The summed E-state index contributed by atoms with van der Waals surface area (Å²) in [6.07, 6.45) is 15.5. The molecule has 0 nitrogen and oxygen atoms in total. The Bertz CT molecular complexity index is 2640. The minimum Gasteiger partial charge on any atom is -0.0991 e. The van der Waals surface area contributed by atoms with Crippen LogP contribution in [-0.4, -0.2) is 0 Å².